The zero-order valence-corrected chi connectivity index (χ0v) is 19.9. The Bertz CT molecular complexity index is 980. The van der Waals surface area contributed by atoms with Crippen LogP contribution in [0, 0.1) is 13.8 Å². The van der Waals surface area contributed by atoms with Gasteiger partial charge in [0, 0.05) is 18.4 Å². The summed E-state index contributed by atoms with van der Waals surface area (Å²) >= 11 is 0. The summed E-state index contributed by atoms with van der Waals surface area (Å²) in [6.07, 6.45) is 5.48. The molecular formula is C28H36N2O2. The zero-order chi connectivity index (χ0) is 22.5. The topological polar surface area (TPSA) is 38.5 Å². The average Bonchev–Trinajstić information content (AvgIpc) is 3.21. The maximum absolute atomic E-state index is 5.78. The number of rotatable bonds is 9. The molecule has 4 rings (SSSR count). The number of hydrogen-bond acceptors (Lipinski definition) is 4. The lowest BCUT2D eigenvalue weighted by Gasteiger charge is -2.31. The van der Waals surface area contributed by atoms with Gasteiger partial charge in [0.2, 0.25) is 0 Å². The van der Waals surface area contributed by atoms with E-state index in [-0.39, 0.29) is 0 Å². The molecule has 1 aliphatic carbocycles. The van der Waals surface area contributed by atoms with Gasteiger partial charge in [0.25, 0.3) is 5.88 Å². The molecule has 1 aliphatic rings. The van der Waals surface area contributed by atoms with Crippen molar-refractivity contribution in [1.82, 2.24) is 10.1 Å². The minimum atomic E-state index is 0.321. The van der Waals surface area contributed by atoms with E-state index >= 15 is 0 Å². The normalized spacial score (nSPS) is 15.9. The summed E-state index contributed by atoms with van der Waals surface area (Å²) in [4.78, 5) is 2.48. The van der Waals surface area contributed by atoms with Gasteiger partial charge in [0.15, 0.2) is 0 Å². The quantitative estimate of drug-likeness (QED) is 0.381. The fourth-order valence-corrected chi connectivity index (χ4v) is 5.24. The van der Waals surface area contributed by atoms with Gasteiger partial charge in [-0.05, 0) is 87.5 Å². The van der Waals surface area contributed by atoms with Crippen molar-refractivity contribution in [2.24, 2.45) is 0 Å². The predicted molar refractivity (Wildman–Crippen MR) is 129 cm³/mol. The Morgan fingerprint density at radius 1 is 1.06 bits per heavy atom. The van der Waals surface area contributed by atoms with Crippen LogP contribution in [0.1, 0.15) is 78.1 Å². The number of benzene rings is 2. The first-order valence-electron chi connectivity index (χ1n) is 12.0. The van der Waals surface area contributed by atoms with Crippen molar-refractivity contribution >= 4 is 0 Å². The Balaban J connectivity index is 1.49. The van der Waals surface area contributed by atoms with Crippen molar-refractivity contribution in [1.29, 1.82) is 0 Å². The molecule has 170 valence electrons. The van der Waals surface area contributed by atoms with Crippen molar-refractivity contribution < 1.29 is 9.26 Å². The zero-order valence-electron chi connectivity index (χ0n) is 19.9. The third kappa shape index (κ3) is 4.75. The van der Waals surface area contributed by atoms with E-state index in [0.717, 1.165) is 44.4 Å². The number of nitrogens with zero attached hydrogens (tertiary/aromatic N) is 2. The fraction of sp³-hybridized carbons (Fsp3) is 0.464. The molecule has 0 radical (unpaired) electrons. The van der Waals surface area contributed by atoms with Crippen LogP contribution in [-0.4, -0.2) is 30.3 Å². The summed E-state index contributed by atoms with van der Waals surface area (Å²) in [7, 11) is 2.24. The van der Waals surface area contributed by atoms with Crippen LogP contribution < -0.4 is 4.74 Å². The molecule has 1 atom stereocenters. The third-order valence-electron chi connectivity index (χ3n) is 6.93. The Hall–Kier alpha value is -2.59. The largest absolute Gasteiger partial charge is 0.476 e. The maximum atomic E-state index is 5.78. The van der Waals surface area contributed by atoms with Gasteiger partial charge < -0.3 is 9.26 Å². The average molecular weight is 433 g/mol. The molecular weight excluding hydrogens is 396 g/mol. The van der Waals surface area contributed by atoms with Crippen molar-refractivity contribution in [3.05, 3.63) is 82.1 Å². The fourth-order valence-electron chi connectivity index (χ4n) is 5.24. The van der Waals surface area contributed by atoms with Gasteiger partial charge in [0.1, 0.15) is 5.76 Å². The summed E-state index contributed by atoms with van der Waals surface area (Å²) in [5.41, 5.74) is 6.81. The monoisotopic (exact) mass is 432 g/mol. The molecule has 0 aliphatic heterocycles. The predicted octanol–water partition coefficient (Wildman–Crippen LogP) is 6.61. The Labute approximate surface area is 192 Å². The summed E-state index contributed by atoms with van der Waals surface area (Å²) in [6.45, 7) is 8.12. The smallest absolute Gasteiger partial charge is 0.259 e. The molecule has 0 unspecified atom stereocenters. The van der Waals surface area contributed by atoms with Crippen molar-refractivity contribution in [3.8, 4) is 5.88 Å². The van der Waals surface area contributed by atoms with E-state index in [1.54, 1.807) is 0 Å². The number of fused-ring (bicyclic) bond motifs is 1. The van der Waals surface area contributed by atoms with Crippen LogP contribution in [0.3, 0.4) is 0 Å². The molecule has 0 amide bonds. The first-order valence-corrected chi connectivity index (χ1v) is 12.0. The first kappa shape index (κ1) is 22.6. The molecule has 0 bridgehead atoms. The third-order valence-corrected chi connectivity index (χ3v) is 6.93. The Morgan fingerprint density at radius 3 is 2.34 bits per heavy atom. The van der Waals surface area contributed by atoms with Gasteiger partial charge >= 0.3 is 0 Å². The van der Waals surface area contributed by atoms with Crippen LogP contribution in [0.25, 0.3) is 0 Å². The van der Waals surface area contributed by atoms with Crippen LogP contribution in [0.5, 0.6) is 5.88 Å². The molecule has 0 N–H and O–H groups in total. The van der Waals surface area contributed by atoms with E-state index in [1.165, 1.54) is 27.8 Å². The second-order valence-corrected chi connectivity index (χ2v) is 9.05. The van der Waals surface area contributed by atoms with E-state index in [1.807, 2.05) is 6.92 Å². The van der Waals surface area contributed by atoms with Crippen molar-refractivity contribution in [3.63, 3.8) is 0 Å². The van der Waals surface area contributed by atoms with Crippen molar-refractivity contribution in [2.45, 2.75) is 64.8 Å². The Kier molecular flexibility index (Phi) is 7.31. The van der Waals surface area contributed by atoms with Crippen LogP contribution in [0.4, 0.5) is 0 Å². The number of ether oxygens (including phenoxy) is 1. The lowest BCUT2D eigenvalue weighted by atomic mass is 9.83. The van der Waals surface area contributed by atoms with Crippen LogP contribution >= 0.6 is 0 Å². The lowest BCUT2D eigenvalue weighted by Crippen LogP contribution is -2.29. The van der Waals surface area contributed by atoms with Gasteiger partial charge in [0.05, 0.1) is 12.2 Å². The summed E-state index contributed by atoms with van der Waals surface area (Å²) < 4.78 is 11.4. The first-order chi connectivity index (χ1) is 15.6. The molecule has 3 aromatic rings. The van der Waals surface area contributed by atoms with E-state index in [9.17, 15) is 0 Å². The molecule has 4 heteroatoms. The minimum absolute atomic E-state index is 0.321. The standard InChI is InChI=1S/C28H36N2O2/c1-5-31-28-27-25(17-10-18-26(27)32-29-28)30(4)19-11-16-24(22-14-8-6-12-20(22)2)23-15-9-7-13-21(23)3/h6-9,12-15,24-25H,5,10-11,16-19H2,1-4H3/t25-/m1/s1. The van der Waals surface area contributed by atoms with Crippen molar-refractivity contribution in [2.75, 3.05) is 20.2 Å². The molecule has 4 nitrogen and oxygen atoms in total. The molecule has 1 heterocycles. The second kappa shape index (κ2) is 10.4. The minimum Gasteiger partial charge on any atom is -0.476 e. The van der Waals surface area contributed by atoms with E-state index in [2.05, 4.69) is 79.5 Å². The highest BCUT2D eigenvalue weighted by Crippen LogP contribution is 2.40. The highest BCUT2D eigenvalue weighted by Gasteiger charge is 2.31. The van der Waals surface area contributed by atoms with Gasteiger partial charge in [-0.15, -0.1) is 0 Å². The van der Waals surface area contributed by atoms with E-state index in [4.69, 9.17) is 9.26 Å². The van der Waals surface area contributed by atoms with Gasteiger partial charge in [-0.3, -0.25) is 4.90 Å². The number of aromatic nitrogens is 1. The van der Waals surface area contributed by atoms with E-state index in [0.29, 0.717) is 24.4 Å². The molecule has 0 saturated carbocycles. The van der Waals surface area contributed by atoms with Gasteiger partial charge in [-0.25, -0.2) is 0 Å². The van der Waals surface area contributed by atoms with Crippen LogP contribution in [0.15, 0.2) is 53.1 Å². The molecule has 0 spiro atoms. The Morgan fingerprint density at radius 2 is 1.72 bits per heavy atom. The molecule has 2 aromatic carbocycles. The summed E-state index contributed by atoms with van der Waals surface area (Å²) in [5.74, 6) is 2.12. The molecule has 0 saturated heterocycles. The summed E-state index contributed by atoms with van der Waals surface area (Å²) in [6, 6.07) is 18.0. The second-order valence-electron chi connectivity index (χ2n) is 9.05. The van der Waals surface area contributed by atoms with E-state index < -0.39 is 0 Å². The van der Waals surface area contributed by atoms with Gasteiger partial charge in [-0.2, -0.15) is 0 Å². The summed E-state index contributed by atoms with van der Waals surface area (Å²) in [5, 5.41) is 4.20. The molecule has 0 fully saturated rings. The number of aryl methyl sites for hydroxylation is 3. The highest BCUT2D eigenvalue weighted by atomic mass is 16.5. The van der Waals surface area contributed by atoms with Gasteiger partial charge in [-0.1, -0.05) is 48.5 Å². The van der Waals surface area contributed by atoms with Crippen LogP contribution in [0.2, 0.25) is 0 Å². The van der Waals surface area contributed by atoms with Crippen LogP contribution in [-0.2, 0) is 6.42 Å². The number of hydrogen-bond donors (Lipinski definition) is 0. The maximum Gasteiger partial charge on any atom is 0.259 e. The molecule has 1 aromatic heterocycles. The lowest BCUT2D eigenvalue weighted by molar-refractivity contribution is 0.206. The molecule has 32 heavy (non-hydrogen) atoms. The highest BCUT2D eigenvalue weighted by molar-refractivity contribution is 5.40. The SMILES string of the molecule is CCOc1noc2c1[C@H](N(C)CCCC(c1ccccc1C)c1ccccc1C)CCC2.